The van der Waals surface area contributed by atoms with Crippen molar-refractivity contribution in [2.75, 3.05) is 25.1 Å². The van der Waals surface area contributed by atoms with Crippen LogP contribution in [0, 0.1) is 5.82 Å². The van der Waals surface area contributed by atoms with Crippen LogP contribution >= 0.6 is 0 Å². The van der Waals surface area contributed by atoms with E-state index in [1.165, 1.54) is 26.3 Å². The Labute approximate surface area is 141 Å². The van der Waals surface area contributed by atoms with Crippen LogP contribution in [0.25, 0.3) is 0 Å². The number of benzene rings is 2. The Morgan fingerprint density at radius 3 is 2.42 bits per heavy atom. The summed E-state index contributed by atoms with van der Waals surface area (Å²) in [6.07, 6.45) is 1.61. The molecule has 0 heterocycles. The Kier molecular flexibility index (Phi) is 5.46. The summed E-state index contributed by atoms with van der Waals surface area (Å²) in [6, 6.07) is 10.0. The van der Waals surface area contributed by atoms with Crippen LogP contribution in [0.3, 0.4) is 0 Å². The number of hydrogen-bond donors (Lipinski definition) is 0. The molecule has 0 saturated heterocycles. The summed E-state index contributed by atoms with van der Waals surface area (Å²) in [5.41, 5.74) is 0.428. The maximum absolute atomic E-state index is 13.8. The molecule has 2 aromatic carbocycles. The Morgan fingerprint density at radius 2 is 1.88 bits per heavy atom. The summed E-state index contributed by atoms with van der Waals surface area (Å²) in [7, 11) is -1.17. The SMILES string of the molecule is C=CCOc1ccc(N(C)S(=O)(=O)c2ccc(OC)c(F)c2)cc1. The van der Waals surface area contributed by atoms with Gasteiger partial charge in [-0.3, -0.25) is 4.31 Å². The van der Waals surface area contributed by atoms with E-state index < -0.39 is 15.8 Å². The van der Waals surface area contributed by atoms with E-state index in [0.717, 1.165) is 10.4 Å². The monoisotopic (exact) mass is 351 g/mol. The highest BCUT2D eigenvalue weighted by molar-refractivity contribution is 7.92. The Hall–Kier alpha value is -2.54. The van der Waals surface area contributed by atoms with Gasteiger partial charge in [-0.25, -0.2) is 12.8 Å². The molecule has 5 nitrogen and oxygen atoms in total. The largest absolute Gasteiger partial charge is 0.494 e. The van der Waals surface area contributed by atoms with Crippen LogP contribution in [0.4, 0.5) is 10.1 Å². The van der Waals surface area contributed by atoms with Crippen LogP contribution in [0.1, 0.15) is 0 Å². The normalized spacial score (nSPS) is 11.0. The van der Waals surface area contributed by atoms with E-state index >= 15 is 0 Å². The molecule has 0 radical (unpaired) electrons. The van der Waals surface area contributed by atoms with Crippen LogP contribution in [-0.2, 0) is 10.0 Å². The lowest BCUT2D eigenvalue weighted by Crippen LogP contribution is -2.26. The molecule has 0 aliphatic rings. The van der Waals surface area contributed by atoms with E-state index in [0.29, 0.717) is 18.0 Å². The van der Waals surface area contributed by atoms with Crippen molar-refractivity contribution in [3.05, 3.63) is 60.9 Å². The molecular weight excluding hydrogens is 333 g/mol. The molecule has 128 valence electrons. The third-order valence-electron chi connectivity index (χ3n) is 3.35. The van der Waals surface area contributed by atoms with Crippen LogP contribution < -0.4 is 13.8 Å². The van der Waals surface area contributed by atoms with Gasteiger partial charge in [-0.05, 0) is 42.5 Å². The fourth-order valence-corrected chi connectivity index (χ4v) is 3.22. The van der Waals surface area contributed by atoms with Crippen molar-refractivity contribution >= 4 is 15.7 Å². The van der Waals surface area contributed by atoms with Crippen molar-refractivity contribution < 1.29 is 22.3 Å². The maximum Gasteiger partial charge on any atom is 0.264 e. The molecule has 0 N–H and O–H groups in total. The summed E-state index contributed by atoms with van der Waals surface area (Å²) < 4.78 is 50.2. The Morgan fingerprint density at radius 1 is 1.21 bits per heavy atom. The van der Waals surface area contributed by atoms with Gasteiger partial charge < -0.3 is 9.47 Å². The first-order valence-corrected chi connectivity index (χ1v) is 8.50. The third-order valence-corrected chi connectivity index (χ3v) is 5.13. The van der Waals surface area contributed by atoms with Gasteiger partial charge >= 0.3 is 0 Å². The second-order valence-electron chi connectivity index (χ2n) is 4.86. The van der Waals surface area contributed by atoms with Crippen molar-refractivity contribution in [3.63, 3.8) is 0 Å². The lowest BCUT2D eigenvalue weighted by molar-refractivity contribution is 0.363. The van der Waals surface area contributed by atoms with Gasteiger partial charge in [0.15, 0.2) is 11.6 Å². The van der Waals surface area contributed by atoms with E-state index in [-0.39, 0.29) is 10.6 Å². The molecule has 2 aromatic rings. The van der Waals surface area contributed by atoms with Crippen molar-refractivity contribution in [2.24, 2.45) is 0 Å². The quantitative estimate of drug-likeness (QED) is 0.719. The number of halogens is 1. The summed E-state index contributed by atoms with van der Waals surface area (Å²) in [6.45, 7) is 3.91. The highest BCUT2D eigenvalue weighted by Gasteiger charge is 2.22. The van der Waals surface area contributed by atoms with E-state index in [4.69, 9.17) is 9.47 Å². The van der Waals surface area contributed by atoms with E-state index in [2.05, 4.69) is 6.58 Å². The molecule has 0 atom stereocenters. The minimum absolute atomic E-state index is 0.0136. The molecule has 0 aliphatic heterocycles. The molecule has 0 saturated carbocycles. The summed E-state index contributed by atoms with van der Waals surface area (Å²) in [4.78, 5) is -0.157. The highest BCUT2D eigenvalue weighted by atomic mass is 32.2. The average molecular weight is 351 g/mol. The predicted octanol–water partition coefficient (Wildman–Crippen LogP) is 3.22. The fraction of sp³-hybridized carbons (Fsp3) is 0.176. The second kappa shape index (κ2) is 7.35. The number of nitrogens with zero attached hydrogens (tertiary/aromatic N) is 1. The second-order valence-corrected chi connectivity index (χ2v) is 6.83. The topological polar surface area (TPSA) is 55.8 Å². The molecule has 24 heavy (non-hydrogen) atoms. The van der Waals surface area contributed by atoms with Gasteiger partial charge in [0, 0.05) is 7.05 Å². The van der Waals surface area contributed by atoms with Gasteiger partial charge in [0.2, 0.25) is 0 Å². The highest BCUT2D eigenvalue weighted by Crippen LogP contribution is 2.27. The minimum atomic E-state index is -3.89. The zero-order valence-electron chi connectivity index (χ0n) is 13.4. The molecule has 0 bridgehead atoms. The number of hydrogen-bond acceptors (Lipinski definition) is 4. The molecule has 0 unspecified atom stereocenters. The lowest BCUT2D eigenvalue weighted by atomic mass is 10.3. The number of rotatable bonds is 7. The van der Waals surface area contributed by atoms with Crippen LogP contribution in [0.5, 0.6) is 11.5 Å². The molecule has 2 rings (SSSR count). The first kappa shape index (κ1) is 17.8. The zero-order valence-corrected chi connectivity index (χ0v) is 14.2. The van der Waals surface area contributed by atoms with Gasteiger partial charge in [-0.15, -0.1) is 0 Å². The van der Waals surface area contributed by atoms with E-state index in [1.54, 1.807) is 30.3 Å². The molecular formula is C17H18FNO4S. The maximum atomic E-state index is 13.8. The van der Waals surface area contributed by atoms with Gasteiger partial charge in [0.1, 0.15) is 12.4 Å². The first-order valence-electron chi connectivity index (χ1n) is 7.06. The van der Waals surface area contributed by atoms with Crippen molar-refractivity contribution in [1.29, 1.82) is 0 Å². The van der Waals surface area contributed by atoms with Gasteiger partial charge in [0.05, 0.1) is 17.7 Å². The summed E-state index contributed by atoms with van der Waals surface area (Å²) in [5, 5.41) is 0. The smallest absolute Gasteiger partial charge is 0.264 e. The fourth-order valence-electron chi connectivity index (χ4n) is 2.01. The molecule has 0 aliphatic carbocycles. The van der Waals surface area contributed by atoms with Gasteiger partial charge in [-0.2, -0.15) is 0 Å². The van der Waals surface area contributed by atoms with Crippen LogP contribution in [-0.4, -0.2) is 29.2 Å². The lowest BCUT2D eigenvalue weighted by Gasteiger charge is -2.20. The number of methoxy groups -OCH3 is 1. The van der Waals surface area contributed by atoms with Crippen molar-refractivity contribution in [1.82, 2.24) is 0 Å². The zero-order chi connectivity index (χ0) is 17.7. The number of anilines is 1. The van der Waals surface area contributed by atoms with Gasteiger partial charge in [-0.1, -0.05) is 12.7 Å². The number of ether oxygens (including phenoxy) is 2. The third kappa shape index (κ3) is 3.68. The summed E-state index contributed by atoms with van der Waals surface area (Å²) >= 11 is 0. The molecule has 0 spiro atoms. The summed E-state index contributed by atoms with van der Waals surface area (Å²) in [5.74, 6) is -0.152. The van der Waals surface area contributed by atoms with Crippen LogP contribution in [0.15, 0.2) is 60.0 Å². The van der Waals surface area contributed by atoms with Gasteiger partial charge in [0.25, 0.3) is 10.0 Å². The first-order chi connectivity index (χ1) is 11.4. The van der Waals surface area contributed by atoms with Crippen molar-refractivity contribution in [3.8, 4) is 11.5 Å². The standard InChI is InChI=1S/C17H18FNO4S/c1-4-11-23-14-7-5-13(6-8-14)19(2)24(20,21)15-9-10-17(22-3)16(18)12-15/h4-10,12H,1,11H2,2-3H3. The Bertz CT molecular complexity index is 819. The molecule has 0 aromatic heterocycles. The number of sulfonamides is 1. The Balaban J connectivity index is 2.28. The molecule has 7 heteroatoms. The average Bonchev–Trinajstić information content (AvgIpc) is 2.59. The van der Waals surface area contributed by atoms with Crippen molar-refractivity contribution in [2.45, 2.75) is 4.90 Å². The predicted molar refractivity (Wildman–Crippen MR) is 90.7 cm³/mol. The van der Waals surface area contributed by atoms with E-state index in [9.17, 15) is 12.8 Å². The molecule has 0 fully saturated rings. The molecule has 0 amide bonds. The van der Waals surface area contributed by atoms with Crippen LogP contribution in [0.2, 0.25) is 0 Å². The minimum Gasteiger partial charge on any atom is -0.494 e. The van der Waals surface area contributed by atoms with E-state index in [1.807, 2.05) is 0 Å².